The van der Waals surface area contributed by atoms with Crippen LogP contribution in [-0.2, 0) is 0 Å². The van der Waals surface area contributed by atoms with Crippen LogP contribution in [0.3, 0.4) is 0 Å². The number of amides is 2. The Kier molecular flexibility index (Phi) is 4.84. The van der Waals surface area contributed by atoms with Crippen molar-refractivity contribution in [3.8, 4) is 0 Å². The summed E-state index contributed by atoms with van der Waals surface area (Å²) in [7, 11) is 3.99. The summed E-state index contributed by atoms with van der Waals surface area (Å²) in [5.74, 6) is 0.600. The molecule has 0 aromatic heterocycles. The van der Waals surface area contributed by atoms with Crippen molar-refractivity contribution in [3.63, 3.8) is 0 Å². The molecule has 5 heteroatoms. The zero-order valence-corrected chi connectivity index (χ0v) is 12.3. The number of carbonyl (C=O) groups is 1. The summed E-state index contributed by atoms with van der Waals surface area (Å²) in [5.41, 5.74) is 7.10. The molecule has 2 rings (SSSR count). The second-order valence-electron chi connectivity index (χ2n) is 5.68. The van der Waals surface area contributed by atoms with Gasteiger partial charge in [0.15, 0.2) is 0 Å². The Morgan fingerprint density at radius 2 is 2.15 bits per heavy atom. The largest absolute Gasteiger partial charge is 0.399 e. The first kappa shape index (κ1) is 14.7. The van der Waals surface area contributed by atoms with E-state index in [1.807, 2.05) is 19.2 Å². The zero-order valence-electron chi connectivity index (χ0n) is 12.3. The molecule has 0 aliphatic carbocycles. The van der Waals surface area contributed by atoms with Gasteiger partial charge in [-0.05, 0) is 57.1 Å². The van der Waals surface area contributed by atoms with Crippen LogP contribution in [0.2, 0.25) is 0 Å². The summed E-state index contributed by atoms with van der Waals surface area (Å²) in [6, 6.07) is 7.17. The van der Waals surface area contributed by atoms with Crippen LogP contribution in [-0.4, -0.2) is 49.6 Å². The van der Waals surface area contributed by atoms with Gasteiger partial charge >= 0.3 is 6.03 Å². The maximum Gasteiger partial charge on any atom is 0.321 e. The number of likely N-dealkylation sites (tertiary alicyclic amines) is 1. The maximum atomic E-state index is 12.1. The predicted molar refractivity (Wildman–Crippen MR) is 82.7 cm³/mol. The first-order valence-electron chi connectivity index (χ1n) is 7.11. The van der Waals surface area contributed by atoms with E-state index in [0.717, 1.165) is 38.2 Å². The quantitative estimate of drug-likeness (QED) is 0.831. The fourth-order valence-electron chi connectivity index (χ4n) is 2.55. The molecule has 0 radical (unpaired) electrons. The van der Waals surface area contributed by atoms with Gasteiger partial charge in [0.2, 0.25) is 0 Å². The Labute approximate surface area is 120 Å². The van der Waals surface area contributed by atoms with Crippen molar-refractivity contribution in [2.45, 2.75) is 12.8 Å². The summed E-state index contributed by atoms with van der Waals surface area (Å²) >= 11 is 0. The molecule has 2 amide bonds. The van der Waals surface area contributed by atoms with E-state index in [2.05, 4.69) is 17.3 Å². The van der Waals surface area contributed by atoms with Crippen molar-refractivity contribution in [3.05, 3.63) is 24.3 Å². The number of nitrogen functional groups attached to an aromatic ring is 1. The van der Waals surface area contributed by atoms with Gasteiger partial charge in [0.1, 0.15) is 0 Å². The summed E-state index contributed by atoms with van der Waals surface area (Å²) in [5, 5.41) is 2.88. The van der Waals surface area contributed by atoms with E-state index in [1.165, 1.54) is 0 Å². The Balaban J connectivity index is 1.83. The van der Waals surface area contributed by atoms with E-state index >= 15 is 0 Å². The van der Waals surface area contributed by atoms with Gasteiger partial charge in [-0.3, -0.25) is 0 Å². The summed E-state index contributed by atoms with van der Waals surface area (Å²) in [6.07, 6.45) is 2.32. The van der Waals surface area contributed by atoms with Crippen LogP contribution >= 0.6 is 0 Å². The highest BCUT2D eigenvalue weighted by Gasteiger charge is 2.20. The average Bonchev–Trinajstić information content (AvgIpc) is 2.41. The molecule has 0 unspecified atom stereocenters. The van der Waals surface area contributed by atoms with Gasteiger partial charge in [-0.2, -0.15) is 0 Å². The van der Waals surface area contributed by atoms with E-state index < -0.39 is 0 Å². The fraction of sp³-hybridized carbons (Fsp3) is 0.533. The lowest BCUT2D eigenvalue weighted by Gasteiger charge is -2.31. The van der Waals surface area contributed by atoms with Gasteiger partial charge in [-0.1, -0.05) is 6.07 Å². The molecule has 110 valence electrons. The van der Waals surface area contributed by atoms with Crippen LogP contribution in [0.25, 0.3) is 0 Å². The number of nitrogens with zero attached hydrogens (tertiary/aromatic N) is 2. The smallest absolute Gasteiger partial charge is 0.321 e. The zero-order chi connectivity index (χ0) is 14.5. The third kappa shape index (κ3) is 4.13. The first-order chi connectivity index (χ1) is 9.54. The van der Waals surface area contributed by atoms with E-state index in [4.69, 9.17) is 5.73 Å². The molecule has 1 aromatic carbocycles. The molecular formula is C15H24N4O. The molecule has 5 nitrogen and oxygen atoms in total. The molecule has 1 fully saturated rings. The predicted octanol–water partition coefficient (Wildman–Crippen LogP) is 2.07. The minimum Gasteiger partial charge on any atom is -0.399 e. The first-order valence-corrected chi connectivity index (χ1v) is 7.11. The van der Waals surface area contributed by atoms with Crippen LogP contribution < -0.4 is 11.1 Å². The summed E-state index contributed by atoms with van der Waals surface area (Å²) in [4.78, 5) is 16.2. The molecule has 20 heavy (non-hydrogen) atoms. The van der Waals surface area contributed by atoms with Crippen molar-refractivity contribution in [1.82, 2.24) is 9.80 Å². The molecule has 0 atom stereocenters. The number of urea groups is 1. The second kappa shape index (κ2) is 6.61. The number of hydrogen-bond donors (Lipinski definition) is 2. The molecule has 1 saturated heterocycles. The van der Waals surface area contributed by atoms with Gasteiger partial charge in [0, 0.05) is 25.0 Å². The number of nitrogens with two attached hydrogens (primary N) is 1. The van der Waals surface area contributed by atoms with Crippen LogP contribution in [0.5, 0.6) is 0 Å². The number of benzene rings is 1. The third-order valence-corrected chi connectivity index (χ3v) is 3.85. The SMILES string of the molecule is CN1CCC(CN(C)C(=O)Nc2cccc(N)c2)CC1. The second-order valence-corrected chi connectivity index (χ2v) is 5.68. The van der Waals surface area contributed by atoms with Crippen LogP contribution in [0, 0.1) is 5.92 Å². The molecule has 0 saturated carbocycles. The molecular weight excluding hydrogens is 252 g/mol. The highest BCUT2D eigenvalue weighted by Crippen LogP contribution is 2.17. The van der Waals surface area contributed by atoms with Crippen LogP contribution in [0.4, 0.5) is 16.2 Å². The molecule has 1 aromatic rings. The van der Waals surface area contributed by atoms with Crippen molar-refractivity contribution in [2.24, 2.45) is 5.92 Å². The Hall–Kier alpha value is -1.75. The van der Waals surface area contributed by atoms with Crippen LogP contribution in [0.1, 0.15) is 12.8 Å². The monoisotopic (exact) mass is 276 g/mol. The maximum absolute atomic E-state index is 12.1. The van der Waals surface area contributed by atoms with Gasteiger partial charge in [0.05, 0.1) is 0 Å². The van der Waals surface area contributed by atoms with Crippen molar-refractivity contribution in [1.29, 1.82) is 0 Å². The van der Waals surface area contributed by atoms with Gasteiger partial charge < -0.3 is 20.9 Å². The van der Waals surface area contributed by atoms with Crippen molar-refractivity contribution in [2.75, 3.05) is 44.8 Å². The van der Waals surface area contributed by atoms with E-state index in [-0.39, 0.29) is 6.03 Å². The van der Waals surface area contributed by atoms with E-state index in [9.17, 15) is 4.79 Å². The molecule has 1 aliphatic heterocycles. The molecule has 1 heterocycles. The van der Waals surface area contributed by atoms with E-state index in [0.29, 0.717) is 11.6 Å². The standard InChI is InChI=1S/C15H24N4O/c1-18-8-6-12(7-9-18)11-19(2)15(20)17-14-5-3-4-13(16)10-14/h3-5,10,12H,6-9,11,16H2,1-2H3,(H,17,20). The third-order valence-electron chi connectivity index (χ3n) is 3.85. The Morgan fingerprint density at radius 3 is 2.80 bits per heavy atom. The Bertz CT molecular complexity index is 455. The summed E-state index contributed by atoms with van der Waals surface area (Å²) < 4.78 is 0. The lowest BCUT2D eigenvalue weighted by atomic mass is 9.97. The van der Waals surface area contributed by atoms with Gasteiger partial charge in [-0.25, -0.2) is 4.79 Å². The van der Waals surface area contributed by atoms with Crippen molar-refractivity contribution >= 4 is 17.4 Å². The molecule has 0 bridgehead atoms. The highest BCUT2D eigenvalue weighted by atomic mass is 16.2. The topological polar surface area (TPSA) is 61.6 Å². The molecule has 3 N–H and O–H groups in total. The number of rotatable bonds is 3. The lowest BCUT2D eigenvalue weighted by molar-refractivity contribution is 0.177. The lowest BCUT2D eigenvalue weighted by Crippen LogP contribution is -2.39. The minimum atomic E-state index is -0.0745. The number of nitrogens with one attached hydrogen (secondary N) is 1. The summed E-state index contributed by atoms with van der Waals surface area (Å²) in [6.45, 7) is 3.05. The number of anilines is 2. The normalized spacial score (nSPS) is 16.9. The molecule has 0 spiro atoms. The fourth-order valence-corrected chi connectivity index (χ4v) is 2.55. The minimum absolute atomic E-state index is 0.0745. The molecule has 1 aliphatic rings. The Morgan fingerprint density at radius 1 is 1.45 bits per heavy atom. The van der Waals surface area contributed by atoms with Crippen LogP contribution in [0.15, 0.2) is 24.3 Å². The number of carbonyl (C=O) groups excluding carboxylic acids is 1. The number of hydrogen-bond acceptors (Lipinski definition) is 3. The van der Waals surface area contributed by atoms with E-state index in [1.54, 1.807) is 17.0 Å². The van der Waals surface area contributed by atoms with Crippen molar-refractivity contribution < 1.29 is 4.79 Å². The highest BCUT2D eigenvalue weighted by molar-refractivity contribution is 5.89. The van der Waals surface area contributed by atoms with Gasteiger partial charge in [0.25, 0.3) is 0 Å². The average molecular weight is 276 g/mol. The number of piperidine rings is 1. The van der Waals surface area contributed by atoms with Gasteiger partial charge in [-0.15, -0.1) is 0 Å².